The van der Waals surface area contributed by atoms with Crippen molar-refractivity contribution in [2.24, 2.45) is 0 Å². The zero-order valence-electron chi connectivity index (χ0n) is 12.4. The molecular formula is C18H15NO3. The molecule has 4 nitrogen and oxygen atoms in total. The molecule has 4 heteroatoms. The second kappa shape index (κ2) is 5.48. The van der Waals surface area contributed by atoms with Crippen LogP contribution in [0.5, 0.6) is 5.75 Å². The summed E-state index contributed by atoms with van der Waals surface area (Å²) in [7, 11) is 3.27. The number of methoxy groups -OCH3 is 1. The van der Waals surface area contributed by atoms with Crippen molar-refractivity contribution in [1.29, 1.82) is 0 Å². The van der Waals surface area contributed by atoms with Crippen LogP contribution in [0.2, 0.25) is 0 Å². The fourth-order valence-electron chi connectivity index (χ4n) is 2.51. The lowest BCUT2D eigenvalue weighted by molar-refractivity contribution is -0.112. The maximum Gasteiger partial charge on any atom is 0.258 e. The highest BCUT2D eigenvalue weighted by molar-refractivity contribution is 6.35. The molecule has 0 atom stereocenters. The van der Waals surface area contributed by atoms with E-state index in [2.05, 4.69) is 0 Å². The topological polar surface area (TPSA) is 46.6 Å². The number of nitrogens with zero attached hydrogens (tertiary/aromatic N) is 1. The standard InChI is InChI=1S/C18H15NO3/c1-19-16-9-8-13(22-2)10-14(16)15(18(19)21)11-17(20)12-6-4-3-5-7-12/h3-11H,1-2H3. The number of hydrogen-bond acceptors (Lipinski definition) is 3. The summed E-state index contributed by atoms with van der Waals surface area (Å²) < 4.78 is 5.21. The highest BCUT2D eigenvalue weighted by Crippen LogP contribution is 2.38. The number of carbonyl (C=O) groups excluding carboxylic acids is 2. The zero-order chi connectivity index (χ0) is 15.7. The molecule has 0 fully saturated rings. The molecule has 1 aliphatic heterocycles. The van der Waals surface area contributed by atoms with E-state index in [1.165, 1.54) is 6.08 Å². The Hall–Kier alpha value is -2.88. The van der Waals surface area contributed by atoms with Gasteiger partial charge in [-0.1, -0.05) is 30.3 Å². The second-order valence-corrected chi connectivity index (χ2v) is 5.04. The van der Waals surface area contributed by atoms with Gasteiger partial charge in [0.25, 0.3) is 5.91 Å². The lowest BCUT2D eigenvalue weighted by atomic mass is 10.0. The minimum Gasteiger partial charge on any atom is -0.497 e. The van der Waals surface area contributed by atoms with Crippen LogP contribution in [-0.2, 0) is 4.79 Å². The first-order valence-electron chi connectivity index (χ1n) is 6.89. The number of likely N-dealkylation sites (N-methyl/N-ethyl adjacent to an activating group) is 1. The highest BCUT2D eigenvalue weighted by Gasteiger charge is 2.30. The molecule has 0 spiro atoms. The number of ketones is 1. The van der Waals surface area contributed by atoms with Crippen molar-refractivity contribution >= 4 is 23.0 Å². The van der Waals surface area contributed by atoms with E-state index in [9.17, 15) is 9.59 Å². The van der Waals surface area contributed by atoms with Gasteiger partial charge in [-0.3, -0.25) is 9.59 Å². The van der Waals surface area contributed by atoms with Crippen LogP contribution in [0.15, 0.2) is 54.6 Å². The van der Waals surface area contributed by atoms with E-state index in [1.54, 1.807) is 55.5 Å². The third-order valence-electron chi connectivity index (χ3n) is 3.72. The third-order valence-corrected chi connectivity index (χ3v) is 3.72. The van der Waals surface area contributed by atoms with Gasteiger partial charge in [-0.05, 0) is 24.3 Å². The van der Waals surface area contributed by atoms with E-state index in [1.807, 2.05) is 12.1 Å². The fraction of sp³-hybridized carbons (Fsp3) is 0.111. The Morgan fingerprint density at radius 1 is 1.14 bits per heavy atom. The number of ether oxygens (including phenoxy) is 1. The molecule has 0 bridgehead atoms. The molecule has 0 unspecified atom stereocenters. The van der Waals surface area contributed by atoms with Gasteiger partial charge in [-0.15, -0.1) is 0 Å². The first-order chi connectivity index (χ1) is 10.6. The minimum absolute atomic E-state index is 0.187. The number of hydrogen-bond donors (Lipinski definition) is 0. The summed E-state index contributed by atoms with van der Waals surface area (Å²) in [4.78, 5) is 26.3. The van der Waals surface area contributed by atoms with Crippen LogP contribution in [0.3, 0.4) is 0 Å². The third kappa shape index (κ3) is 2.29. The number of fused-ring (bicyclic) bond motifs is 1. The monoisotopic (exact) mass is 293 g/mol. The van der Waals surface area contributed by atoms with Gasteiger partial charge < -0.3 is 9.64 Å². The first kappa shape index (κ1) is 14.1. The highest BCUT2D eigenvalue weighted by atomic mass is 16.5. The molecule has 0 aromatic heterocycles. The molecule has 1 amide bonds. The number of carbonyl (C=O) groups is 2. The van der Waals surface area contributed by atoms with Gasteiger partial charge in [0, 0.05) is 18.2 Å². The molecule has 0 saturated heterocycles. The van der Waals surface area contributed by atoms with E-state index < -0.39 is 0 Å². The molecule has 0 radical (unpaired) electrons. The average molecular weight is 293 g/mol. The van der Waals surface area contributed by atoms with Crippen LogP contribution >= 0.6 is 0 Å². The lowest BCUT2D eigenvalue weighted by Crippen LogP contribution is -2.20. The number of benzene rings is 2. The van der Waals surface area contributed by atoms with E-state index in [0.717, 1.165) is 11.3 Å². The van der Waals surface area contributed by atoms with Crippen molar-refractivity contribution in [2.45, 2.75) is 0 Å². The SMILES string of the molecule is COc1ccc2c(c1)C(=CC(=O)c1ccccc1)C(=O)N2C. The molecular weight excluding hydrogens is 278 g/mol. The summed E-state index contributed by atoms with van der Waals surface area (Å²) in [6.07, 6.45) is 1.40. The molecule has 1 aliphatic rings. The molecule has 110 valence electrons. The summed E-state index contributed by atoms with van der Waals surface area (Å²) in [5.74, 6) is 0.278. The van der Waals surface area contributed by atoms with E-state index in [-0.39, 0.29) is 11.7 Å². The normalized spacial score (nSPS) is 15.1. The predicted octanol–water partition coefficient (Wildman–Crippen LogP) is 2.94. The quantitative estimate of drug-likeness (QED) is 0.645. The van der Waals surface area contributed by atoms with Gasteiger partial charge in [0.2, 0.25) is 0 Å². The Morgan fingerprint density at radius 2 is 1.86 bits per heavy atom. The average Bonchev–Trinajstić information content (AvgIpc) is 2.80. The summed E-state index contributed by atoms with van der Waals surface area (Å²) in [5.41, 5.74) is 2.45. The van der Waals surface area contributed by atoms with Crippen LogP contribution in [0.25, 0.3) is 5.57 Å². The van der Waals surface area contributed by atoms with Gasteiger partial charge in [-0.25, -0.2) is 0 Å². The van der Waals surface area contributed by atoms with E-state index >= 15 is 0 Å². The van der Waals surface area contributed by atoms with Crippen LogP contribution in [-0.4, -0.2) is 25.8 Å². The van der Waals surface area contributed by atoms with Gasteiger partial charge in [0.1, 0.15) is 5.75 Å². The minimum atomic E-state index is -0.187. The first-order valence-corrected chi connectivity index (χ1v) is 6.89. The van der Waals surface area contributed by atoms with Crippen molar-refractivity contribution < 1.29 is 14.3 Å². The zero-order valence-corrected chi connectivity index (χ0v) is 12.4. The number of allylic oxidation sites excluding steroid dienone is 1. The summed E-state index contributed by atoms with van der Waals surface area (Å²) in [5, 5.41) is 0. The van der Waals surface area contributed by atoms with Gasteiger partial charge >= 0.3 is 0 Å². The maximum atomic E-state index is 12.4. The van der Waals surface area contributed by atoms with Gasteiger partial charge in [0.15, 0.2) is 5.78 Å². The number of anilines is 1. The second-order valence-electron chi connectivity index (χ2n) is 5.04. The molecule has 2 aromatic rings. The van der Waals surface area contributed by atoms with Crippen LogP contribution < -0.4 is 9.64 Å². The molecule has 0 saturated carbocycles. The molecule has 0 N–H and O–H groups in total. The Balaban J connectivity index is 2.07. The van der Waals surface area contributed by atoms with Crippen LogP contribution in [0.1, 0.15) is 15.9 Å². The van der Waals surface area contributed by atoms with Crippen molar-refractivity contribution in [3.8, 4) is 5.75 Å². The molecule has 3 rings (SSSR count). The molecule has 22 heavy (non-hydrogen) atoms. The van der Waals surface area contributed by atoms with Crippen molar-refractivity contribution in [3.05, 3.63) is 65.7 Å². The maximum absolute atomic E-state index is 12.4. The van der Waals surface area contributed by atoms with Crippen LogP contribution in [0, 0.1) is 0 Å². The largest absolute Gasteiger partial charge is 0.497 e. The lowest BCUT2D eigenvalue weighted by Gasteiger charge is -2.09. The van der Waals surface area contributed by atoms with Gasteiger partial charge in [-0.2, -0.15) is 0 Å². The number of amides is 1. The Labute approximate surface area is 128 Å². The van der Waals surface area contributed by atoms with Gasteiger partial charge in [0.05, 0.1) is 18.4 Å². The summed E-state index contributed by atoms with van der Waals surface area (Å²) >= 11 is 0. The summed E-state index contributed by atoms with van der Waals surface area (Å²) in [6.45, 7) is 0. The predicted molar refractivity (Wildman–Crippen MR) is 85.2 cm³/mol. The van der Waals surface area contributed by atoms with Crippen LogP contribution in [0.4, 0.5) is 5.69 Å². The molecule has 2 aromatic carbocycles. The van der Waals surface area contributed by atoms with Crippen molar-refractivity contribution in [1.82, 2.24) is 0 Å². The molecule has 1 heterocycles. The number of rotatable bonds is 3. The van der Waals surface area contributed by atoms with E-state index in [0.29, 0.717) is 16.9 Å². The molecule has 0 aliphatic carbocycles. The van der Waals surface area contributed by atoms with Crippen molar-refractivity contribution in [3.63, 3.8) is 0 Å². The smallest absolute Gasteiger partial charge is 0.258 e. The van der Waals surface area contributed by atoms with E-state index in [4.69, 9.17) is 4.74 Å². The fourth-order valence-corrected chi connectivity index (χ4v) is 2.51. The Morgan fingerprint density at radius 3 is 2.55 bits per heavy atom. The van der Waals surface area contributed by atoms with Crippen molar-refractivity contribution in [2.75, 3.05) is 19.1 Å². The summed E-state index contributed by atoms with van der Waals surface area (Å²) in [6, 6.07) is 14.3. The Kier molecular flexibility index (Phi) is 3.51. The Bertz CT molecular complexity index is 778.